The molecule has 9 aromatic rings. The molecular formula is C90H94N18O22S. The van der Waals surface area contributed by atoms with Crippen LogP contribution >= 0.6 is 12.2 Å². The number of esters is 1. The van der Waals surface area contributed by atoms with Gasteiger partial charge in [-0.2, -0.15) is 0 Å². The summed E-state index contributed by atoms with van der Waals surface area (Å²) in [5.41, 5.74) is 11.9. The number of phenols is 2. The van der Waals surface area contributed by atoms with Crippen molar-refractivity contribution in [2.45, 2.75) is 144 Å². The molecule has 3 aliphatic heterocycles. The zero-order valence-corrected chi connectivity index (χ0v) is 71.0. The predicted octanol–water partition coefficient (Wildman–Crippen LogP) is 1.56. The average molecular weight is 1810 g/mol. The summed E-state index contributed by atoms with van der Waals surface area (Å²) in [6.07, 6.45) is 0.403. The van der Waals surface area contributed by atoms with E-state index < -0.39 is 197 Å². The summed E-state index contributed by atoms with van der Waals surface area (Å²) < 4.78 is 12.3. The first-order valence-corrected chi connectivity index (χ1v) is 42.0. The van der Waals surface area contributed by atoms with Gasteiger partial charge in [0.25, 0.3) is 11.8 Å². The predicted molar refractivity (Wildman–Crippen MR) is 471 cm³/mol. The normalized spacial score (nSPS) is 19.3. The molecule has 0 saturated carbocycles. The van der Waals surface area contributed by atoms with Crippen molar-refractivity contribution in [3.05, 3.63) is 238 Å². The first kappa shape index (κ1) is 94.0. The first-order chi connectivity index (χ1) is 62.7. The van der Waals surface area contributed by atoms with Gasteiger partial charge in [-0.25, -0.2) is 14.6 Å². The number of fused-ring (bicyclic) bond motifs is 9. The number of benzene rings is 7. The van der Waals surface area contributed by atoms with Crippen LogP contribution in [0.4, 0.5) is 5.69 Å². The van der Waals surface area contributed by atoms with Gasteiger partial charge in [0.2, 0.25) is 65.0 Å². The Bertz CT molecular complexity index is 5840. The number of carboxylic acids is 2. The monoisotopic (exact) mass is 1810 g/mol. The lowest BCUT2D eigenvalue weighted by Crippen LogP contribution is -2.62. The van der Waals surface area contributed by atoms with E-state index in [0.29, 0.717) is 50.0 Å². The van der Waals surface area contributed by atoms with Crippen LogP contribution in [0, 0.1) is 0 Å². The van der Waals surface area contributed by atoms with Gasteiger partial charge in [-0.1, -0.05) is 84.9 Å². The largest absolute Gasteiger partial charge is 0.508 e. The van der Waals surface area contributed by atoms with Crippen molar-refractivity contribution in [3.63, 3.8) is 0 Å². The fourth-order valence-corrected chi connectivity index (χ4v) is 15.5. The molecule has 8 unspecified atom stereocenters. The summed E-state index contributed by atoms with van der Waals surface area (Å²) in [7, 11) is 0. The number of amides is 13. The van der Waals surface area contributed by atoms with Crippen LogP contribution in [-0.4, -0.2) is 209 Å². The van der Waals surface area contributed by atoms with Gasteiger partial charge in [-0.3, -0.25) is 67.1 Å². The van der Waals surface area contributed by atoms with Gasteiger partial charge in [-0.05, 0) is 128 Å². The number of rotatable bonds is 27. The SMILES string of the molecule is CC(=O)NCCCCC1NC(=O)C(CC(=O)O)NC(=O)[C@@H](Cc2ccccc2)NC(=O)C(Cc2c[nH]c3ccccc23)NC(=O)c2cc(C(=O)O)cc(c2)C(=O)NCC(C(=O)NC(CCCCNC(=S)Nc2ccc3c(c2)C(=O)OC32c3ccc(O)cc3Oc3cc(O)ccc32)C(N)=O)NC(=O)C(Cc2c[nH]cn2)NC(=O)C(CC(N)=O)NC(=O)C(Cc2ccccc2)NC1=O. The van der Waals surface area contributed by atoms with Gasteiger partial charge in [0.05, 0.1) is 36.0 Å². The smallest absolute Gasteiger partial charge is 0.340 e. The number of nitrogens with zero attached hydrogens (tertiary/aromatic N) is 1. The maximum Gasteiger partial charge on any atom is 0.340 e. The van der Waals surface area contributed by atoms with Gasteiger partial charge in [0, 0.05) is 121 Å². The highest BCUT2D eigenvalue weighted by Gasteiger charge is 2.54. The minimum absolute atomic E-state index is 0.0518. The third-order valence-electron chi connectivity index (χ3n) is 21.8. The van der Waals surface area contributed by atoms with Crippen LogP contribution in [0.15, 0.2) is 176 Å². The van der Waals surface area contributed by atoms with Crippen molar-refractivity contribution >= 4 is 129 Å². The molecule has 2 aromatic heterocycles. The van der Waals surface area contributed by atoms with Crippen molar-refractivity contribution in [1.29, 1.82) is 0 Å². The molecule has 40 nitrogen and oxygen atoms in total. The Balaban J connectivity index is 0.849. The molecule has 7 aromatic carbocycles. The lowest BCUT2D eigenvalue weighted by Gasteiger charge is -2.36. The molecule has 0 saturated heterocycles. The van der Waals surface area contributed by atoms with Crippen LogP contribution in [0.1, 0.15) is 139 Å². The lowest BCUT2D eigenvalue weighted by molar-refractivity contribution is -0.141. The van der Waals surface area contributed by atoms with E-state index in [1.807, 2.05) is 0 Å². The zero-order chi connectivity index (χ0) is 93.7. The molecule has 9 atom stereocenters. The van der Waals surface area contributed by atoms with E-state index in [1.54, 1.807) is 115 Å². The van der Waals surface area contributed by atoms with Gasteiger partial charge < -0.3 is 120 Å². The van der Waals surface area contributed by atoms with Crippen LogP contribution in [0.25, 0.3) is 10.9 Å². The number of carbonyl (C=O) groups is 16. The van der Waals surface area contributed by atoms with E-state index in [4.69, 9.17) is 33.2 Å². The van der Waals surface area contributed by atoms with E-state index in [-0.39, 0.29) is 110 Å². The lowest BCUT2D eigenvalue weighted by atomic mass is 9.77. The molecule has 41 heteroatoms. The van der Waals surface area contributed by atoms with E-state index >= 15 is 28.8 Å². The van der Waals surface area contributed by atoms with E-state index in [0.717, 1.165) is 18.2 Å². The fourth-order valence-electron chi connectivity index (χ4n) is 15.3. The molecule has 5 heterocycles. The molecule has 13 amide bonds. The Labute approximate surface area is 751 Å². The van der Waals surface area contributed by atoms with Crippen molar-refractivity contribution in [3.8, 4) is 23.0 Å². The number of ether oxygens (including phenoxy) is 2. The summed E-state index contributed by atoms with van der Waals surface area (Å²) in [5, 5.41) is 76.1. The van der Waals surface area contributed by atoms with Crippen LogP contribution in [0.3, 0.4) is 0 Å². The molecule has 1 spiro atoms. The Kier molecular flexibility index (Phi) is 30.8. The molecule has 131 heavy (non-hydrogen) atoms. The first-order valence-electron chi connectivity index (χ1n) is 41.6. The topological polar surface area (TPSA) is 625 Å². The molecule has 2 bridgehead atoms. The number of para-hydroxylation sites is 1. The van der Waals surface area contributed by atoms with Gasteiger partial charge in [0.1, 0.15) is 77.4 Å². The number of nitrogens with two attached hydrogens (primary N) is 2. The number of H-pyrrole nitrogens is 2. The number of aromatic amines is 2. The van der Waals surface area contributed by atoms with Crippen molar-refractivity contribution in [2.24, 2.45) is 11.5 Å². The second-order valence-electron chi connectivity index (χ2n) is 31.4. The third-order valence-corrected chi connectivity index (χ3v) is 22.1. The van der Waals surface area contributed by atoms with E-state index in [9.17, 15) is 68.4 Å². The molecule has 0 radical (unpaired) electrons. The number of hydrogen-bond acceptors (Lipinski definition) is 22. The molecule has 12 rings (SSSR count). The third kappa shape index (κ3) is 24.4. The number of carbonyl (C=O) groups excluding carboxylic acids is 14. The number of nitrogens with one attached hydrogen (secondary N) is 15. The van der Waals surface area contributed by atoms with Crippen molar-refractivity contribution < 1.29 is 107 Å². The molecule has 0 aliphatic carbocycles. The van der Waals surface area contributed by atoms with Crippen LogP contribution in [0.2, 0.25) is 0 Å². The number of aliphatic carboxylic acids is 1. The number of unbranched alkanes of at least 4 members (excludes halogenated alkanes) is 2. The minimum Gasteiger partial charge on any atom is -0.508 e. The number of primary amides is 2. The molecule has 682 valence electrons. The highest BCUT2D eigenvalue weighted by Crippen LogP contribution is 2.57. The van der Waals surface area contributed by atoms with Crippen LogP contribution < -0.4 is 85.3 Å². The van der Waals surface area contributed by atoms with Gasteiger partial charge >= 0.3 is 17.9 Å². The van der Waals surface area contributed by atoms with Crippen LogP contribution in [0.5, 0.6) is 23.0 Å². The summed E-state index contributed by atoms with van der Waals surface area (Å²) in [6, 6.07) is 22.6. The maximum absolute atomic E-state index is 15.3. The molecule has 0 fully saturated rings. The number of anilines is 1. The van der Waals surface area contributed by atoms with Gasteiger partial charge in [0.15, 0.2) is 10.7 Å². The summed E-state index contributed by atoms with van der Waals surface area (Å²) in [6.45, 7) is 0.510. The number of thiocarbonyl (C=S) groups is 1. The molecule has 3 aliphatic rings. The number of aromatic carboxylic acids is 1. The van der Waals surface area contributed by atoms with Crippen molar-refractivity contribution in [1.82, 2.24) is 78.8 Å². The quantitative estimate of drug-likeness (QED) is 0.0197. The van der Waals surface area contributed by atoms with Gasteiger partial charge in [-0.15, -0.1) is 0 Å². The average Bonchev–Trinajstić information content (AvgIpc) is 1.56. The number of phenolic OH excluding ortho intramolecular Hbond substituents is 2. The highest BCUT2D eigenvalue weighted by atomic mass is 32.1. The summed E-state index contributed by atoms with van der Waals surface area (Å²) in [4.78, 5) is 238. The standard InChI is InChI=1S/C90H94N18O22S/c1-46(109)94-28-12-11-21-64-79(118)103-65(30-47-14-4-2-5-15-47)80(119)106-69(40-74(91)112)84(123)105-68(37-54-43-93-45-98-54)83(122)108-71(86(125)100-63(76(92)115)20-10-13-29-95-89(131)99-53-22-25-59-58(36-53)88(128)130-90(59)60-26-23-55(110)38-72(60)129-73-39-56(111)24-27-61(73)90)44-97-77(116)49-32-50(34-51(33-49)87(126)127)78(117)102-67(35-52-42-96-62-19-9-8-18-57(52)62)82(121)104-66(31-48-16-6-3-7-17-48)81(120)107-70(41-75(113)114)85(124)101-64/h2-9,14-19,22-27,32-34,36,38-39,42-43,45,63-71,96,110-111H,10-13,20-21,28-31,35,37,40-41,44H2,1H3,(H2,91,112)(H2,92,115)(H,93,98)(H,94,109)(H,97,116)(H,100,125)(H,101,124)(H,102,117)(H,103,118)(H,104,121)(H,105,123)(H,106,119)(H,107,120)(H,108,122)(H,113,114)(H,126,127)(H2,95,99,131)/t63?,64?,65?,66-,67?,68?,69?,70?,71?/m1/s1. The Morgan fingerprint density at radius 2 is 1.08 bits per heavy atom. The highest BCUT2D eigenvalue weighted by molar-refractivity contribution is 7.80. The Morgan fingerprint density at radius 1 is 0.550 bits per heavy atom. The number of imidazole rings is 1. The second-order valence-corrected chi connectivity index (χ2v) is 31.8. The molecular weight excluding hydrogens is 1720 g/mol. The number of aromatic hydroxyl groups is 2. The number of aromatic nitrogens is 3. The summed E-state index contributed by atoms with van der Waals surface area (Å²) >= 11 is 5.64. The summed E-state index contributed by atoms with van der Waals surface area (Å²) in [5.74, 6) is -18.6. The minimum atomic E-state index is -2.05. The zero-order valence-electron chi connectivity index (χ0n) is 70.2. The van der Waals surface area contributed by atoms with E-state index in [2.05, 4.69) is 84.1 Å². The van der Waals surface area contributed by atoms with Crippen LogP contribution in [-0.2, 0) is 93.6 Å². The Morgan fingerprint density at radius 3 is 1.67 bits per heavy atom. The second kappa shape index (κ2) is 42.9. The molecule has 23 N–H and O–H groups in total. The van der Waals surface area contributed by atoms with E-state index in [1.165, 1.54) is 49.8 Å². The number of carboxylic acid groups (broad SMARTS) is 2. The van der Waals surface area contributed by atoms with Crippen molar-refractivity contribution in [2.75, 3.05) is 25.0 Å². The maximum atomic E-state index is 15.3. The number of hydrogen-bond donors (Lipinski definition) is 21. The fraction of sp³-hybridized carbons (Fsp3) is 0.289. The Hall–Kier alpha value is -16.1.